The van der Waals surface area contributed by atoms with Crippen LogP contribution in [0.5, 0.6) is 0 Å². The minimum absolute atomic E-state index is 0.0286. The predicted molar refractivity (Wildman–Crippen MR) is 145 cm³/mol. The lowest BCUT2D eigenvalue weighted by molar-refractivity contribution is -0.137. The first-order valence-electron chi connectivity index (χ1n) is 13.1. The second-order valence-electron chi connectivity index (χ2n) is 10.2. The average Bonchev–Trinajstić information content (AvgIpc) is 2.91. The SMILES string of the molecule is O=S(=O)(NCC(CCN1CCC(N2CCCCC2)CC1)c1ccc(Cl)c(Cl)c1)c1cccc(C(F)(F)F)c1. The number of rotatable bonds is 9. The Morgan fingerprint density at radius 1 is 0.947 bits per heavy atom. The fourth-order valence-electron chi connectivity index (χ4n) is 5.42. The summed E-state index contributed by atoms with van der Waals surface area (Å²) in [7, 11) is -4.16. The standard InChI is InChI=1S/C27H34Cl2F3N3O2S/c28-25-8-7-20(17-26(25)29)21(9-14-34-15-10-23(11-16-34)35-12-2-1-3-13-35)19-33-38(36,37)24-6-4-5-22(18-24)27(30,31)32/h4-8,17-18,21,23,33H,1-3,9-16,19H2. The highest BCUT2D eigenvalue weighted by atomic mass is 35.5. The molecule has 38 heavy (non-hydrogen) atoms. The molecule has 2 aliphatic heterocycles. The third-order valence-electron chi connectivity index (χ3n) is 7.66. The molecule has 2 aromatic carbocycles. The summed E-state index contributed by atoms with van der Waals surface area (Å²) >= 11 is 12.3. The maximum atomic E-state index is 13.1. The minimum Gasteiger partial charge on any atom is -0.303 e. The van der Waals surface area contributed by atoms with E-state index in [1.165, 1.54) is 32.4 Å². The maximum Gasteiger partial charge on any atom is 0.416 e. The van der Waals surface area contributed by atoms with Crippen LogP contribution in [0.1, 0.15) is 55.6 Å². The second-order valence-corrected chi connectivity index (χ2v) is 12.8. The van der Waals surface area contributed by atoms with Crippen molar-refractivity contribution in [2.24, 2.45) is 0 Å². The molecule has 4 rings (SSSR count). The summed E-state index contributed by atoms with van der Waals surface area (Å²) in [5.74, 6) is -0.231. The fourth-order valence-corrected chi connectivity index (χ4v) is 6.85. The molecule has 1 N–H and O–H groups in total. The molecule has 2 heterocycles. The van der Waals surface area contributed by atoms with Crippen molar-refractivity contribution in [3.63, 3.8) is 0 Å². The van der Waals surface area contributed by atoms with Gasteiger partial charge in [0.15, 0.2) is 0 Å². The maximum absolute atomic E-state index is 13.1. The molecule has 0 radical (unpaired) electrons. The number of sulfonamides is 1. The monoisotopic (exact) mass is 591 g/mol. The van der Waals surface area contributed by atoms with Crippen LogP contribution >= 0.6 is 23.2 Å². The summed E-state index contributed by atoms with van der Waals surface area (Å²) in [6.07, 6.45) is 2.17. The molecule has 0 amide bonds. The molecule has 2 aliphatic rings. The molecule has 2 saturated heterocycles. The topological polar surface area (TPSA) is 52.7 Å². The number of halogens is 5. The third kappa shape index (κ3) is 7.86. The van der Waals surface area contributed by atoms with Crippen LogP contribution in [0.4, 0.5) is 13.2 Å². The summed E-state index contributed by atoms with van der Waals surface area (Å²) in [5, 5.41) is 0.774. The van der Waals surface area contributed by atoms with Gasteiger partial charge in [-0.25, -0.2) is 13.1 Å². The summed E-state index contributed by atoms with van der Waals surface area (Å²) < 4.78 is 67.7. The molecule has 11 heteroatoms. The summed E-state index contributed by atoms with van der Waals surface area (Å²) in [6.45, 7) is 5.17. The van der Waals surface area contributed by atoms with Crippen LogP contribution in [-0.4, -0.2) is 63.5 Å². The van der Waals surface area contributed by atoms with Gasteiger partial charge in [-0.05, 0) is 107 Å². The van der Waals surface area contributed by atoms with E-state index in [9.17, 15) is 21.6 Å². The largest absolute Gasteiger partial charge is 0.416 e. The van der Waals surface area contributed by atoms with Crippen LogP contribution in [0.15, 0.2) is 47.4 Å². The molecule has 210 valence electrons. The van der Waals surface area contributed by atoms with Gasteiger partial charge in [-0.2, -0.15) is 13.2 Å². The van der Waals surface area contributed by atoms with Crippen LogP contribution in [0.3, 0.4) is 0 Å². The van der Waals surface area contributed by atoms with E-state index in [1.54, 1.807) is 12.1 Å². The number of likely N-dealkylation sites (tertiary alicyclic amines) is 2. The van der Waals surface area contributed by atoms with Gasteiger partial charge in [0.1, 0.15) is 0 Å². The Labute approximate surface area is 233 Å². The van der Waals surface area contributed by atoms with E-state index in [1.807, 2.05) is 6.07 Å². The minimum atomic E-state index is -4.63. The van der Waals surface area contributed by atoms with Crippen LogP contribution in [0.2, 0.25) is 10.0 Å². The van der Waals surface area contributed by atoms with Crippen molar-refractivity contribution in [2.45, 2.75) is 61.6 Å². The number of hydrogen-bond donors (Lipinski definition) is 1. The first-order valence-corrected chi connectivity index (χ1v) is 15.3. The molecule has 2 fully saturated rings. The molecule has 0 aliphatic carbocycles. The number of piperidine rings is 2. The van der Waals surface area contributed by atoms with Crippen molar-refractivity contribution >= 4 is 33.2 Å². The normalized spacial score (nSPS) is 19.5. The van der Waals surface area contributed by atoms with Crippen molar-refractivity contribution in [2.75, 3.05) is 39.3 Å². The van der Waals surface area contributed by atoms with E-state index >= 15 is 0 Å². The van der Waals surface area contributed by atoms with Crippen LogP contribution in [0, 0.1) is 0 Å². The molecule has 1 unspecified atom stereocenters. The molecule has 0 spiro atoms. The highest BCUT2D eigenvalue weighted by molar-refractivity contribution is 7.89. The zero-order chi connectivity index (χ0) is 27.3. The highest BCUT2D eigenvalue weighted by Gasteiger charge is 2.32. The Morgan fingerprint density at radius 2 is 1.66 bits per heavy atom. The van der Waals surface area contributed by atoms with Gasteiger partial charge >= 0.3 is 6.18 Å². The van der Waals surface area contributed by atoms with E-state index in [-0.39, 0.29) is 12.5 Å². The van der Waals surface area contributed by atoms with Crippen molar-refractivity contribution in [3.8, 4) is 0 Å². The molecular weight excluding hydrogens is 558 g/mol. The van der Waals surface area contributed by atoms with Gasteiger partial charge in [0.2, 0.25) is 10.0 Å². The lowest BCUT2D eigenvalue weighted by Gasteiger charge is -2.40. The van der Waals surface area contributed by atoms with Gasteiger partial charge in [0, 0.05) is 12.6 Å². The molecular formula is C27H34Cl2F3N3O2S. The Kier molecular flexibility index (Phi) is 10.0. The first-order chi connectivity index (χ1) is 18.0. The van der Waals surface area contributed by atoms with Gasteiger partial charge in [0.05, 0.1) is 20.5 Å². The van der Waals surface area contributed by atoms with Crippen LogP contribution in [-0.2, 0) is 16.2 Å². The molecule has 0 aromatic heterocycles. The van der Waals surface area contributed by atoms with Crippen molar-refractivity contribution in [1.29, 1.82) is 0 Å². The quantitative estimate of drug-likeness (QED) is 0.366. The third-order valence-corrected chi connectivity index (χ3v) is 9.82. The van der Waals surface area contributed by atoms with Gasteiger partial charge < -0.3 is 9.80 Å². The van der Waals surface area contributed by atoms with E-state index in [0.29, 0.717) is 28.6 Å². The number of nitrogens with zero attached hydrogens (tertiary/aromatic N) is 2. The fraction of sp³-hybridized carbons (Fsp3) is 0.556. The molecule has 2 aromatic rings. The number of alkyl halides is 3. The van der Waals surface area contributed by atoms with E-state index in [0.717, 1.165) is 56.2 Å². The average molecular weight is 593 g/mol. The number of benzene rings is 2. The second kappa shape index (κ2) is 12.9. The van der Waals surface area contributed by atoms with Crippen LogP contribution < -0.4 is 4.72 Å². The van der Waals surface area contributed by atoms with Crippen LogP contribution in [0.25, 0.3) is 0 Å². The zero-order valence-corrected chi connectivity index (χ0v) is 23.5. The highest BCUT2D eigenvalue weighted by Crippen LogP contribution is 2.32. The zero-order valence-electron chi connectivity index (χ0n) is 21.2. The first kappa shape index (κ1) is 29.6. The smallest absolute Gasteiger partial charge is 0.303 e. The molecule has 1 atom stereocenters. The predicted octanol–water partition coefficient (Wildman–Crippen LogP) is 6.41. The van der Waals surface area contributed by atoms with Gasteiger partial charge in [-0.3, -0.25) is 0 Å². The van der Waals surface area contributed by atoms with E-state index in [2.05, 4.69) is 14.5 Å². The van der Waals surface area contributed by atoms with Crippen molar-refractivity contribution in [1.82, 2.24) is 14.5 Å². The Bertz CT molecular complexity index is 1180. The van der Waals surface area contributed by atoms with Gasteiger partial charge in [-0.15, -0.1) is 0 Å². The van der Waals surface area contributed by atoms with E-state index < -0.39 is 26.7 Å². The molecule has 0 saturated carbocycles. The Balaban J connectivity index is 1.41. The lowest BCUT2D eigenvalue weighted by atomic mass is 9.94. The summed E-state index contributed by atoms with van der Waals surface area (Å²) in [6, 6.07) is 9.64. The Hall–Kier alpha value is -1.36. The van der Waals surface area contributed by atoms with Crippen molar-refractivity contribution < 1.29 is 21.6 Å². The van der Waals surface area contributed by atoms with Crippen molar-refractivity contribution in [3.05, 3.63) is 63.6 Å². The molecule has 5 nitrogen and oxygen atoms in total. The summed E-state index contributed by atoms with van der Waals surface area (Å²) in [4.78, 5) is 4.62. The number of hydrogen-bond acceptors (Lipinski definition) is 4. The Morgan fingerprint density at radius 3 is 2.32 bits per heavy atom. The number of nitrogens with one attached hydrogen (secondary N) is 1. The lowest BCUT2D eigenvalue weighted by Crippen LogP contribution is -2.47. The van der Waals surface area contributed by atoms with Gasteiger partial charge in [-0.1, -0.05) is 41.8 Å². The molecule has 0 bridgehead atoms. The van der Waals surface area contributed by atoms with E-state index in [4.69, 9.17) is 23.2 Å². The van der Waals surface area contributed by atoms with Gasteiger partial charge in [0.25, 0.3) is 0 Å². The summed E-state index contributed by atoms with van der Waals surface area (Å²) in [5.41, 5.74) is -0.177.